The molecule has 1 heterocycles. The van der Waals surface area contributed by atoms with Crippen molar-refractivity contribution in [3.8, 4) is 5.88 Å². The summed E-state index contributed by atoms with van der Waals surface area (Å²) in [5, 5.41) is 9.05. The second kappa shape index (κ2) is 1.65. The Morgan fingerprint density at radius 3 is 2.50 bits per heavy atom. The Morgan fingerprint density at radius 1 is 1.40 bits per heavy atom. The van der Waals surface area contributed by atoms with E-state index in [0.717, 1.165) is 12.8 Å². The fraction of sp³-hybridized carbons (Fsp3) is 0.500. The molecule has 10 heavy (non-hydrogen) atoms. The van der Waals surface area contributed by atoms with E-state index in [0.29, 0.717) is 11.6 Å². The van der Waals surface area contributed by atoms with Gasteiger partial charge in [0.15, 0.2) is 0 Å². The van der Waals surface area contributed by atoms with Gasteiger partial charge in [-0.05, 0) is 12.8 Å². The van der Waals surface area contributed by atoms with Crippen LogP contribution in [0.5, 0.6) is 5.88 Å². The fourth-order valence-corrected chi connectivity index (χ4v) is 1.06. The molecule has 0 amide bonds. The maximum atomic E-state index is 10.6. The summed E-state index contributed by atoms with van der Waals surface area (Å²) in [4.78, 5) is 15.4. The van der Waals surface area contributed by atoms with Gasteiger partial charge in [-0.1, -0.05) is 0 Å². The molecule has 1 aromatic rings. The summed E-state index contributed by atoms with van der Waals surface area (Å²) in [6.07, 6.45) is 2.14. The number of nitrogens with one attached hydrogen (secondary N) is 2. The molecule has 3 N–H and O–H groups in total. The van der Waals surface area contributed by atoms with Gasteiger partial charge in [-0.15, -0.1) is 0 Å². The first-order chi connectivity index (χ1) is 4.77. The molecule has 0 aliphatic heterocycles. The lowest BCUT2D eigenvalue weighted by atomic mass is 10.3. The average molecular weight is 140 g/mol. The van der Waals surface area contributed by atoms with Crippen molar-refractivity contribution < 1.29 is 5.11 Å². The zero-order valence-electron chi connectivity index (χ0n) is 5.35. The van der Waals surface area contributed by atoms with Crippen LogP contribution in [0.25, 0.3) is 0 Å². The van der Waals surface area contributed by atoms with Gasteiger partial charge in [0.25, 0.3) is 0 Å². The van der Waals surface area contributed by atoms with Gasteiger partial charge < -0.3 is 10.1 Å². The first-order valence-corrected chi connectivity index (χ1v) is 3.28. The zero-order chi connectivity index (χ0) is 7.14. The third-order valence-corrected chi connectivity index (χ3v) is 1.72. The molecular weight excluding hydrogens is 132 g/mol. The molecule has 1 saturated carbocycles. The quantitative estimate of drug-likeness (QED) is 0.524. The normalized spacial score (nSPS) is 17.6. The number of aromatic hydroxyl groups is 1. The van der Waals surface area contributed by atoms with Crippen LogP contribution in [0.15, 0.2) is 4.79 Å². The van der Waals surface area contributed by atoms with Crippen LogP contribution in [0.1, 0.15) is 24.5 Å². The number of hydrogen-bond acceptors (Lipinski definition) is 2. The molecule has 0 unspecified atom stereocenters. The zero-order valence-corrected chi connectivity index (χ0v) is 5.35. The van der Waals surface area contributed by atoms with E-state index in [-0.39, 0.29) is 11.6 Å². The van der Waals surface area contributed by atoms with Gasteiger partial charge in [0.05, 0.1) is 5.69 Å². The number of aromatic nitrogens is 2. The van der Waals surface area contributed by atoms with Crippen LogP contribution in [0.2, 0.25) is 0 Å². The topological polar surface area (TPSA) is 68.9 Å². The standard InChI is InChI=1S/C6H8N2O2/c9-5-4(3-1-2-3)7-6(10)8-5/h3,9H,1-2H2,(H2,7,8,10). The molecule has 1 aliphatic rings. The highest BCUT2D eigenvalue weighted by molar-refractivity contribution is 5.24. The summed E-state index contributed by atoms with van der Waals surface area (Å²) < 4.78 is 0. The summed E-state index contributed by atoms with van der Waals surface area (Å²) in [5.41, 5.74) is 0.351. The van der Waals surface area contributed by atoms with Crippen LogP contribution < -0.4 is 5.69 Å². The van der Waals surface area contributed by atoms with Crippen molar-refractivity contribution in [1.82, 2.24) is 9.97 Å². The highest BCUT2D eigenvalue weighted by Gasteiger charge is 2.28. The molecule has 0 saturated heterocycles. The lowest BCUT2D eigenvalue weighted by Crippen LogP contribution is -2.00. The molecule has 1 fully saturated rings. The van der Waals surface area contributed by atoms with Gasteiger partial charge in [0.2, 0.25) is 5.88 Å². The molecule has 4 heteroatoms. The maximum absolute atomic E-state index is 10.6. The van der Waals surface area contributed by atoms with Gasteiger partial charge in [-0.3, -0.25) is 4.98 Å². The lowest BCUT2D eigenvalue weighted by Gasteiger charge is -1.88. The van der Waals surface area contributed by atoms with Crippen LogP contribution in [0.4, 0.5) is 0 Å². The Labute approximate surface area is 56.9 Å². The van der Waals surface area contributed by atoms with E-state index in [2.05, 4.69) is 9.97 Å². The molecule has 0 atom stereocenters. The van der Waals surface area contributed by atoms with Crippen molar-refractivity contribution in [3.05, 3.63) is 16.2 Å². The summed E-state index contributed by atoms with van der Waals surface area (Å²) in [5.74, 6) is 0.395. The minimum atomic E-state index is -0.320. The number of rotatable bonds is 1. The maximum Gasteiger partial charge on any atom is 0.325 e. The molecule has 54 valence electrons. The Morgan fingerprint density at radius 2 is 2.10 bits per heavy atom. The lowest BCUT2D eigenvalue weighted by molar-refractivity contribution is 0.449. The van der Waals surface area contributed by atoms with Crippen molar-refractivity contribution in [2.75, 3.05) is 0 Å². The Kier molecular flexibility index (Phi) is 0.922. The summed E-state index contributed by atoms with van der Waals surface area (Å²) in [6.45, 7) is 0. The SMILES string of the molecule is O=c1[nH]c(O)c(C2CC2)[nH]1. The van der Waals surface area contributed by atoms with Gasteiger partial charge in [0, 0.05) is 5.92 Å². The fourth-order valence-electron chi connectivity index (χ4n) is 1.06. The summed E-state index contributed by atoms with van der Waals surface area (Å²) in [7, 11) is 0. The Bertz CT molecular complexity index is 295. The van der Waals surface area contributed by atoms with Gasteiger partial charge in [-0.25, -0.2) is 4.79 Å². The van der Waals surface area contributed by atoms with E-state index >= 15 is 0 Å². The summed E-state index contributed by atoms with van der Waals surface area (Å²) in [6, 6.07) is 0. The molecule has 1 aromatic heterocycles. The Balaban J connectivity index is 2.47. The van der Waals surface area contributed by atoms with Crippen molar-refractivity contribution in [3.63, 3.8) is 0 Å². The van der Waals surface area contributed by atoms with Crippen LogP contribution in [0.3, 0.4) is 0 Å². The van der Waals surface area contributed by atoms with E-state index < -0.39 is 0 Å². The van der Waals surface area contributed by atoms with E-state index in [1.807, 2.05) is 0 Å². The van der Waals surface area contributed by atoms with Crippen molar-refractivity contribution in [1.29, 1.82) is 0 Å². The van der Waals surface area contributed by atoms with Crippen LogP contribution in [0, 0.1) is 0 Å². The van der Waals surface area contributed by atoms with Crippen molar-refractivity contribution >= 4 is 0 Å². The highest BCUT2D eigenvalue weighted by Crippen LogP contribution is 2.41. The minimum absolute atomic E-state index is 0.00694. The minimum Gasteiger partial charge on any atom is -0.493 e. The van der Waals surface area contributed by atoms with Crippen LogP contribution in [-0.4, -0.2) is 15.1 Å². The predicted molar refractivity (Wildman–Crippen MR) is 35.1 cm³/mol. The van der Waals surface area contributed by atoms with E-state index in [4.69, 9.17) is 5.11 Å². The highest BCUT2D eigenvalue weighted by atomic mass is 16.3. The van der Waals surface area contributed by atoms with Crippen LogP contribution >= 0.6 is 0 Å². The second-order valence-corrected chi connectivity index (χ2v) is 2.62. The number of aromatic amines is 2. The number of hydrogen-bond donors (Lipinski definition) is 3. The third kappa shape index (κ3) is 0.725. The second-order valence-electron chi connectivity index (χ2n) is 2.62. The Hall–Kier alpha value is -1.19. The molecule has 4 nitrogen and oxygen atoms in total. The average Bonchev–Trinajstić information content (AvgIpc) is 2.61. The number of H-pyrrole nitrogens is 2. The van der Waals surface area contributed by atoms with E-state index in [9.17, 15) is 4.79 Å². The molecule has 1 aliphatic carbocycles. The molecule has 0 spiro atoms. The third-order valence-electron chi connectivity index (χ3n) is 1.72. The van der Waals surface area contributed by atoms with E-state index in [1.165, 1.54) is 0 Å². The van der Waals surface area contributed by atoms with Crippen molar-refractivity contribution in [2.24, 2.45) is 0 Å². The van der Waals surface area contributed by atoms with Gasteiger partial charge in [-0.2, -0.15) is 0 Å². The molecule has 0 bridgehead atoms. The molecular formula is C6H8N2O2. The molecule has 0 radical (unpaired) electrons. The van der Waals surface area contributed by atoms with Crippen LogP contribution in [-0.2, 0) is 0 Å². The molecule has 0 aromatic carbocycles. The first kappa shape index (κ1) is 5.58. The smallest absolute Gasteiger partial charge is 0.325 e. The van der Waals surface area contributed by atoms with Gasteiger partial charge in [0.1, 0.15) is 0 Å². The first-order valence-electron chi connectivity index (χ1n) is 3.28. The molecule has 2 rings (SSSR count). The monoisotopic (exact) mass is 140 g/mol. The van der Waals surface area contributed by atoms with Gasteiger partial charge >= 0.3 is 5.69 Å². The summed E-state index contributed by atoms with van der Waals surface area (Å²) >= 11 is 0. The predicted octanol–water partition coefficient (Wildman–Crippen LogP) is 0.286. The largest absolute Gasteiger partial charge is 0.493 e. The van der Waals surface area contributed by atoms with E-state index in [1.54, 1.807) is 0 Å². The number of imidazole rings is 1. The van der Waals surface area contributed by atoms with Crippen molar-refractivity contribution in [2.45, 2.75) is 18.8 Å².